The Balaban J connectivity index is 5.10. The van der Waals surface area contributed by atoms with Crippen LogP contribution in [0.2, 0.25) is 0 Å². The van der Waals surface area contributed by atoms with E-state index in [1.807, 2.05) is 0 Å². The number of hydrogen-bond acceptors (Lipinski definition) is 8. The second-order valence-electron chi connectivity index (χ2n) is 5.68. The molecular weight excluding hydrogens is 382 g/mol. The van der Waals surface area contributed by atoms with Crippen molar-refractivity contribution < 1.29 is 34.2 Å². The number of carbonyl (C=O) groups excluding carboxylic acids is 4. The number of thiol groups is 1. The van der Waals surface area contributed by atoms with Crippen LogP contribution in [0.15, 0.2) is 0 Å². The molecule has 4 atom stereocenters. The number of amides is 4. The predicted molar refractivity (Wildman–Crippen MR) is 96.4 cm³/mol. The highest BCUT2D eigenvalue weighted by atomic mass is 32.1. The van der Waals surface area contributed by atoms with Gasteiger partial charge in [0, 0.05) is 12.2 Å². The van der Waals surface area contributed by atoms with Gasteiger partial charge in [0.25, 0.3) is 0 Å². The largest absolute Gasteiger partial charge is 0.480 e. The van der Waals surface area contributed by atoms with E-state index in [0.29, 0.717) is 0 Å². The van der Waals surface area contributed by atoms with Gasteiger partial charge in [0.1, 0.15) is 18.1 Å². The lowest BCUT2D eigenvalue weighted by Gasteiger charge is -2.23. The van der Waals surface area contributed by atoms with Crippen molar-refractivity contribution in [2.24, 2.45) is 11.5 Å². The van der Waals surface area contributed by atoms with Crippen molar-refractivity contribution >= 4 is 42.2 Å². The van der Waals surface area contributed by atoms with Gasteiger partial charge in [-0.05, 0) is 13.3 Å². The summed E-state index contributed by atoms with van der Waals surface area (Å²) in [5.74, 6) is -4.77. The quantitative estimate of drug-likeness (QED) is 0.149. The first-order valence-electron chi connectivity index (χ1n) is 7.93. The van der Waals surface area contributed by atoms with Crippen molar-refractivity contribution in [3.8, 4) is 0 Å². The summed E-state index contributed by atoms with van der Waals surface area (Å²) < 4.78 is 0. The van der Waals surface area contributed by atoms with Crippen LogP contribution in [0.4, 0.5) is 0 Å². The Hall–Kier alpha value is -2.38. The highest BCUT2D eigenvalue weighted by Crippen LogP contribution is 2.00. The van der Waals surface area contributed by atoms with Crippen LogP contribution in [0, 0.1) is 0 Å². The maximum absolute atomic E-state index is 12.3. The predicted octanol–water partition coefficient (Wildman–Crippen LogP) is -3.94. The van der Waals surface area contributed by atoms with E-state index in [1.54, 1.807) is 0 Å². The zero-order valence-corrected chi connectivity index (χ0v) is 15.6. The maximum atomic E-state index is 12.3. The SMILES string of the molecule is CC(N)C(=O)NC(CCC(N)=O)C(=O)NC(CO)C(=O)NC(CS)C(=O)O. The molecule has 12 nitrogen and oxygen atoms in total. The van der Waals surface area contributed by atoms with E-state index in [4.69, 9.17) is 16.6 Å². The topological polar surface area (TPSA) is 214 Å². The number of primary amides is 1. The molecule has 0 aliphatic rings. The summed E-state index contributed by atoms with van der Waals surface area (Å²) in [6.07, 6.45) is -0.387. The van der Waals surface area contributed by atoms with E-state index < -0.39 is 60.4 Å². The molecule has 4 unspecified atom stereocenters. The monoisotopic (exact) mass is 407 g/mol. The van der Waals surface area contributed by atoms with Gasteiger partial charge >= 0.3 is 5.97 Å². The molecule has 0 aromatic carbocycles. The van der Waals surface area contributed by atoms with Crippen LogP contribution < -0.4 is 27.4 Å². The molecule has 154 valence electrons. The Bertz CT molecular complexity index is 572. The molecule has 0 saturated carbocycles. The number of hydrogen-bond donors (Lipinski definition) is 8. The molecule has 0 aliphatic carbocycles. The number of carboxylic acids is 1. The summed E-state index contributed by atoms with van der Waals surface area (Å²) in [4.78, 5) is 58.0. The highest BCUT2D eigenvalue weighted by molar-refractivity contribution is 7.80. The van der Waals surface area contributed by atoms with Crippen LogP contribution in [0.1, 0.15) is 19.8 Å². The van der Waals surface area contributed by atoms with Gasteiger partial charge in [-0.3, -0.25) is 19.2 Å². The van der Waals surface area contributed by atoms with Crippen LogP contribution in [0.25, 0.3) is 0 Å². The van der Waals surface area contributed by atoms with Crippen molar-refractivity contribution in [2.75, 3.05) is 12.4 Å². The number of rotatable bonds is 12. The molecule has 13 heteroatoms. The summed E-state index contributed by atoms with van der Waals surface area (Å²) in [6.45, 7) is 0.548. The molecule has 0 aromatic rings. The minimum atomic E-state index is -1.48. The van der Waals surface area contributed by atoms with E-state index in [1.165, 1.54) is 6.92 Å². The van der Waals surface area contributed by atoms with Gasteiger partial charge in [-0.15, -0.1) is 0 Å². The molecule has 4 amide bonds. The first-order valence-corrected chi connectivity index (χ1v) is 8.56. The van der Waals surface area contributed by atoms with Crippen molar-refractivity contribution in [3.63, 3.8) is 0 Å². The highest BCUT2D eigenvalue weighted by Gasteiger charge is 2.29. The van der Waals surface area contributed by atoms with Crippen LogP contribution >= 0.6 is 12.6 Å². The van der Waals surface area contributed by atoms with Crippen LogP contribution in [-0.2, 0) is 24.0 Å². The number of carbonyl (C=O) groups is 5. The summed E-state index contributed by atoms with van der Waals surface area (Å²) in [7, 11) is 0. The first-order chi connectivity index (χ1) is 12.5. The Kier molecular flexibility index (Phi) is 11.0. The third-order valence-corrected chi connectivity index (χ3v) is 3.70. The van der Waals surface area contributed by atoms with E-state index in [2.05, 4.69) is 28.6 Å². The lowest BCUT2D eigenvalue weighted by Crippen LogP contribution is -2.58. The lowest BCUT2D eigenvalue weighted by atomic mass is 10.1. The van der Waals surface area contributed by atoms with Crippen molar-refractivity contribution in [1.82, 2.24) is 16.0 Å². The Labute approximate surface area is 160 Å². The zero-order chi connectivity index (χ0) is 21.1. The first kappa shape index (κ1) is 24.6. The fourth-order valence-corrected chi connectivity index (χ4v) is 2.03. The average molecular weight is 407 g/mol. The molecule has 27 heavy (non-hydrogen) atoms. The lowest BCUT2D eigenvalue weighted by molar-refractivity contribution is -0.142. The fourth-order valence-electron chi connectivity index (χ4n) is 1.78. The van der Waals surface area contributed by atoms with E-state index in [-0.39, 0.29) is 18.6 Å². The van der Waals surface area contributed by atoms with Gasteiger partial charge in [0.2, 0.25) is 23.6 Å². The maximum Gasteiger partial charge on any atom is 0.327 e. The van der Waals surface area contributed by atoms with Gasteiger partial charge in [0.05, 0.1) is 12.6 Å². The van der Waals surface area contributed by atoms with Gasteiger partial charge in [-0.1, -0.05) is 0 Å². The van der Waals surface area contributed by atoms with Crippen LogP contribution in [0.3, 0.4) is 0 Å². The van der Waals surface area contributed by atoms with E-state index >= 15 is 0 Å². The van der Waals surface area contributed by atoms with Gasteiger partial charge in [-0.25, -0.2) is 4.79 Å². The van der Waals surface area contributed by atoms with Crippen molar-refractivity contribution in [3.05, 3.63) is 0 Å². The minimum Gasteiger partial charge on any atom is -0.480 e. The standard InChI is InChI=1S/C14H25N5O7S/c1-6(15)11(22)17-7(2-3-10(16)21)12(23)18-8(4-20)13(24)19-9(5-27)14(25)26/h6-9,20,27H,2-5,15H2,1H3,(H2,16,21)(H,17,22)(H,18,23)(H,19,24)(H,25,26). The number of aliphatic hydroxyl groups is 1. The Morgan fingerprint density at radius 2 is 1.44 bits per heavy atom. The fraction of sp³-hybridized carbons (Fsp3) is 0.643. The van der Waals surface area contributed by atoms with Crippen molar-refractivity contribution in [2.45, 2.75) is 43.9 Å². The molecule has 0 spiro atoms. The van der Waals surface area contributed by atoms with Gasteiger partial charge in [-0.2, -0.15) is 12.6 Å². The Morgan fingerprint density at radius 1 is 0.963 bits per heavy atom. The molecule has 9 N–H and O–H groups in total. The smallest absolute Gasteiger partial charge is 0.327 e. The molecule has 0 bridgehead atoms. The summed E-state index contributed by atoms with van der Waals surface area (Å²) in [6, 6.07) is -4.98. The molecule has 0 fully saturated rings. The number of nitrogens with one attached hydrogen (secondary N) is 3. The Morgan fingerprint density at radius 3 is 1.85 bits per heavy atom. The van der Waals surface area contributed by atoms with E-state index in [0.717, 1.165) is 0 Å². The average Bonchev–Trinajstić information content (AvgIpc) is 2.59. The van der Waals surface area contributed by atoms with Gasteiger partial charge < -0.3 is 37.6 Å². The third kappa shape index (κ3) is 9.21. The van der Waals surface area contributed by atoms with Crippen molar-refractivity contribution in [1.29, 1.82) is 0 Å². The summed E-state index contributed by atoms with van der Waals surface area (Å²) in [5, 5.41) is 24.8. The normalized spacial score (nSPS) is 15.0. The molecule has 0 saturated heterocycles. The molecule has 0 aliphatic heterocycles. The third-order valence-electron chi connectivity index (χ3n) is 3.34. The van der Waals surface area contributed by atoms with Crippen LogP contribution in [0.5, 0.6) is 0 Å². The molecular formula is C14H25N5O7S. The second-order valence-corrected chi connectivity index (χ2v) is 6.05. The number of aliphatic hydroxyl groups excluding tert-OH is 1. The van der Waals surface area contributed by atoms with Crippen LogP contribution in [-0.4, -0.2) is 76.3 Å². The summed E-state index contributed by atoms with van der Waals surface area (Å²) >= 11 is 3.78. The number of carboxylic acid groups (broad SMARTS) is 1. The molecule has 0 heterocycles. The zero-order valence-electron chi connectivity index (χ0n) is 14.7. The van der Waals surface area contributed by atoms with Gasteiger partial charge in [0.15, 0.2) is 0 Å². The molecule has 0 rings (SSSR count). The van der Waals surface area contributed by atoms with E-state index in [9.17, 15) is 29.1 Å². The number of nitrogens with two attached hydrogens (primary N) is 2. The summed E-state index contributed by atoms with van der Waals surface area (Å²) in [5.41, 5.74) is 10.4. The molecule has 0 radical (unpaired) electrons. The second kappa shape index (κ2) is 12.1. The number of aliphatic carboxylic acids is 1. The molecule has 0 aromatic heterocycles. The minimum absolute atomic E-state index is 0.159.